The van der Waals surface area contributed by atoms with Gasteiger partial charge in [0.2, 0.25) is 0 Å². The van der Waals surface area contributed by atoms with Gasteiger partial charge in [-0.1, -0.05) is 0 Å². The third kappa shape index (κ3) is 6.63. The van der Waals surface area contributed by atoms with Crippen LogP contribution in [0, 0.1) is 0 Å². The Morgan fingerprint density at radius 1 is 0.667 bits per heavy atom. The second kappa shape index (κ2) is 8.56. The minimum absolute atomic E-state index is 0.762. The van der Waals surface area contributed by atoms with Crippen molar-refractivity contribution in [2.45, 2.75) is 22.7 Å². The molecule has 21 heavy (non-hydrogen) atoms. The van der Waals surface area contributed by atoms with Gasteiger partial charge in [0, 0.05) is 0 Å². The summed E-state index contributed by atoms with van der Waals surface area (Å²) in [6, 6.07) is 20.9. The van der Waals surface area contributed by atoms with E-state index in [1.807, 2.05) is 12.1 Å². The molecule has 0 radical (unpaired) electrons. The van der Waals surface area contributed by atoms with E-state index < -0.39 is 19.2 Å². The average Bonchev–Trinajstić information content (AvgIpc) is 2.49. The predicted octanol–water partition coefficient (Wildman–Crippen LogP) is 4.21. The van der Waals surface area contributed by atoms with Gasteiger partial charge in [0.05, 0.1) is 0 Å². The number of hydrogen-bond acceptors (Lipinski definition) is 2. The zero-order chi connectivity index (χ0) is 15.0. The number of benzene rings is 2. The van der Waals surface area contributed by atoms with Crippen molar-refractivity contribution in [2.75, 3.05) is 13.2 Å². The van der Waals surface area contributed by atoms with Gasteiger partial charge in [0.15, 0.2) is 0 Å². The van der Waals surface area contributed by atoms with Gasteiger partial charge in [-0.25, -0.2) is 0 Å². The van der Waals surface area contributed by atoms with Crippen molar-refractivity contribution in [3.8, 4) is 0 Å². The first-order valence-electron chi connectivity index (χ1n) is 7.51. The fourth-order valence-electron chi connectivity index (χ4n) is 2.16. The summed E-state index contributed by atoms with van der Waals surface area (Å²) in [6.07, 6.45) is 1.92. The molecule has 2 aromatic rings. The van der Waals surface area contributed by atoms with Crippen molar-refractivity contribution in [2.24, 2.45) is 0 Å². The molecule has 2 aromatic carbocycles. The van der Waals surface area contributed by atoms with Crippen LogP contribution in [0.5, 0.6) is 0 Å². The van der Waals surface area contributed by atoms with Crippen molar-refractivity contribution < 1.29 is 6.15 Å². The molecule has 0 aliphatic heterocycles. The van der Waals surface area contributed by atoms with Gasteiger partial charge in [0.1, 0.15) is 0 Å². The fourth-order valence-corrected chi connectivity index (χ4v) is 5.79. The Labute approximate surface area is 133 Å². The van der Waals surface area contributed by atoms with E-state index in [9.17, 15) is 0 Å². The van der Waals surface area contributed by atoms with E-state index in [0.29, 0.717) is 0 Å². The van der Waals surface area contributed by atoms with Crippen LogP contribution in [-0.2, 0) is 19.0 Å². The molecule has 0 atom stereocenters. The summed E-state index contributed by atoms with van der Waals surface area (Å²) in [5.41, 5.74) is 2.65. The van der Waals surface area contributed by atoms with E-state index in [-0.39, 0.29) is 0 Å². The first kappa shape index (κ1) is 16.5. The second-order valence-corrected chi connectivity index (χ2v) is 15.2. The van der Waals surface area contributed by atoms with Crippen LogP contribution in [0.4, 0.5) is 0 Å². The van der Waals surface area contributed by atoms with Crippen LogP contribution in [0.3, 0.4) is 0 Å². The zero-order valence-electron chi connectivity index (χ0n) is 12.9. The maximum absolute atomic E-state index is 6.06. The molecule has 2 rings (SSSR count). The molecule has 0 unspecified atom stereocenters. The molecule has 0 heterocycles. The van der Waals surface area contributed by atoms with Crippen molar-refractivity contribution in [1.29, 1.82) is 0 Å². The van der Waals surface area contributed by atoms with E-state index in [1.54, 1.807) is 0 Å². The molecule has 0 aliphatic rings. The van der Waals surface area contributed by atoms with Gasteiger partial charge in [0.25, 0.3) is 0 Å². The quantitative estimate of drug-likeness (QED) is 0.628. The third-order valence-electron chi connectivity index (χ3n) is 3.37. The summed E-state index contributed by atoms with van der Waals surface area (Å²) in [6.45, 7) is 1.52. The van der Waals surface area contributed by atoms with Gasteiger partial charge in [-0.2, -0.15) is 0 Å². The third-order valence-corrected chi connectivity index (χ3v) is 8.50. The molecule has 0 fully saturated rings. The van der Waals surface area contributed by atoms with Crippen LogP contribution in [-0.4, -0.2) is 32.4 Å². The van der Waals surface area contributed by atoms with Crippen LogP contribution in [0.25, 0.3) is 0 Å². The summed E-state index contributed by atoms with van der Waals surface area (Å²) < 4.78 is 12.1. The first-order chi connectivity index (χ1) is 10.2. The SMILES string of the molecule is [CH3][Sn]([CH3])([O]CCc1ccccc1)[O]CCc1ccccc1. The van der Waals surface area contributed by atoms with Crippen molar-refractivity contribution in [1.82, 2.24) is 0 Å². The first-order valence-corrected chi connectivity index (χ1v) is 15.6. The average molecular weight is 391 g/mol. The maximum atomic E-state index is 6.06. The molecule has 0 amide bonds. The van der Waals surface area contributed by atoms with Crippen LogP contribution in [0.1, 0.15) is 11.1 Å². The normalized spacial score (nSPS) is 11.5. The Morgan fingerprint density at radius 3 is 1.43 bits per heavy atom. The molecular weight excluding hydrogens is 367 g/mol. The van der Waals surface area contributed by atoms with Crippen LogP contribution < -0.4 is 0 Å². The summed E-state index contributed by atoms with van der Waals surface area (Å²) in [5.74, 6) is 0. The molecule has 0 saturated carbocycles. The minimum atomic E-state index is -2.77. The number of rotatable bonds is 8. The van der Waals surface area contributed by atoms with Gasteiger partial charge in [-0.15, -0.1) is 0 Å². The Hall–Kier alpha value is -0.841. The van der Waals surface area contributed by atoms with Crippen LogP contribution in [0.15, 0.2) is 60.7 Å². The van der Waals surface area contributed by atoms with E-state index in [4.69, 9.17) is 6.15 Å². The Kier molecular flexibility index (Phi) is 6.74. The Balaban J connectivity index is 1.67. The standard InChI is InChI=1S/2C8H9O.2CH3.Sn/c2*9-7-6-8-4-2-1-3-5-8;;;/h2*1-5H,6-7H2;2*1H3;/q2*-1;;;+2. The summed E-state index contributed by atoms with van der Waals surface area (Å²) in [4.78, 5) is 4.37. The van der Waals surface area contributed by atoms with Gasteiger partial charge < -0.3 is 0 Å². The van der Waals surface area contributed by atoms with Gasteiger partial charge in [-0.05, 0) is 0 Å². The second-order valence-electron chi connectivity index (χ2n) is 5.57. The molecule has 112 valence electrons. The van der Waals surface area contributed by atoms with E-state index in [2.05, 4.69) is 58.4 Å². The van der Waals surface area contributed by atoms with E-state index >= 15 is 0 Å². The van der Waals surface area contributed by atoms with E-state index in [1.165, 1.54) is 11.1 Å². The molecular formula is C18H24O2Sn. The molecule has 0 N–H and O–H groups in total. The summed E-state index contributed by atoms with van der Waals surface area (Å²) >= 11 is -2.77. The zero-order valence-corrected chi connectivity index (χ0v) is 15.8. The molecule has 0 bridgehead atoms. The molecule has 0 saturated heterocycles. The molecule has 0 spiro atoms. The molecule has 2 nitrogen and oxygen atoms in total. The van der Waals surface area contributed by atoms with Gasteiger partial charge >= 0.3 is 133 Å². The predicted molar refractivity (Wildman–Crippen MR) is 89.7 cm³/mol. The summed E-state index contributed by atoms with van der Waals surface area (Å²) in [7, 11) is 0. The summed E-state index contributed by atoms with van der Waals surface area (Å²) in [5, 5.41) is 0. The fraction of sp³-hybridized carbons (Fsp3) is 0.333. The molecule has 3 heteroatoms. The Morgan fingerprint density at radius 2 is 1.05 bits per heavy atom. The van der Waals surface area contributed by atoms with Crippen molar-refractivity contribution in [3.63, 3.8) is 0 Å². The van der Waals surface area contributed by atoms with Crippen LogP contribution >= 0.6 is 0 Å². The van der Waals surface area contributed by atoms with Gasteiger partial charge in [-0.3, -0.25) is 0 Å². The van der Waals surface area contributed by atoms with Crippen molar-refractivity contribution >= 4 is 19.2 Å². The molecule has 0 aliphatic carbocycles. The Bertz CT molecular complexity index is 464. The van der Waals surface area contributed by atoms with E-state index in [0.717, 1.165) is 26.1 Å². The van der Waals surface area contributed by atoms with Crippen LogP contribution in [0.2, 0.25) is 9.88 Å². The van der Waals surface area contributed by atoms with Crippen molar-refractivity contribution in [3.05, 3.63) is 71.8 Å². The monoisotopic (exact) mass is 392 g/mol. The number of hydrogen-bond donors (Lipinski definition) is 0. The topological polar surface area (TPSA) is 18.5 Å². The molecule has 0 aromatic heterocycles.